The summed E-state index contributed by atoms with van der Waals surface area (Å²) in [6.07, 6.45) is 3.28. The predicted molar refractivity (Wildman–Crippen MR) is 110 cm³/mol. The van der Waals surface area contributed by atoms with Crippen LogP contribution in [0.5, 0.6) is 5.75 Å². The summed E-state index contributed by atoms with van der Waals surface area (Å²) in [4.78, 5) is 12.7. The molecule has 158 valence electrons. The molecule has 9 heteroatoms. The Kier molecular flexibility index (Phi) is 6.28. The number of ether oxygens (including phenoxy) is 1. The van der Waals surface area contributed by atoms with Gasteiger partial charge in [-0.25, -0.2) is 13.1 Å². The predicted octanol–water partition coefficient (Wildman–Crippen LogP) is 2.55. The summed E-state index contributed by atoms with van der Waals surface area (Å²) in [6, 6.07) is 6.53. The van der Waals surface area contributed by atoms with Crippen molar-refractivity contribution in [1.82, 2.24) is 20.2 Å². The first kappa shape index (κ1) is 21.3. The van der Waals surface area contributed by atoms with Gasteiger partial charge in [0.1, 0.15) is 16.3 Å². The molecule has 1 aromatic carbocycles. The van der Waals surface area contributed by atoms with Crippen molar-refractivity contribution in [3.05, 3.63) is 30.0 Å². The van der Waals surface area contributed by atoms with Gasteiger partial charge in [0.05, 0.1) is 12.8 Å². The van der Waals surface area contributed by atoms with Crippen LogP contribution in [0.2, 0.25) is 0 Å². The number of amides is 1. The van der Waals surface area contributed by atoms with Crippen molar-refractivity contribution in [3.8, 4) is 17.0 Å². The third kappa shape index (κ3) is 4.45. The summed E-state index contributed by atoms with van der Waals surface area (Å²) >= 11 is 0. The molecular formula is C20H28N4O4S. The van der Waals surface area contributed by atoms with Crippen molar-refractivity contribution in [1.29, 1.82) is 0 Å². The molecule has 0 unspecified atom stereocenters. The molecule has 3 N–H and O–H groups in total. The molecule has 1 aliphatic carbocycles. The van der Waals surface area contributed by atoms with Crippen LogP contribution in [0.1, 0.15) is 43.6 Å². The summed E-state index contributed by atoms with van der Waals surface area (Å²) in [6.45, 7) is 4.39. The molecule has 1 amide bonds. The molecule has 1 heterocycles. The van der Waals surface area contributed by atoms with Gasteiger partial charge in [0.15, 0.2) is 0 Å². The zero-order chi connectivity index (χ0) is 21.2. The number of H-pyrrole nitrogens is 1. The van der Waals surface area contributed by atoms with Gasteiger partial charge in [-0.15, -0.1) is 0 Å². The molecule has 0 bridgehead atoms. The molecule has 1 saturated carbocycles. The fourth-order valence-corrected chi connectivity index (χ4v) is 4.69. The summed E-state index contributed by atoms with van der Waals surface area (Å²) in [5.41, 5.74) is 1.39. The van der Waals surface area contributed by atoms with E-state index in [1.165, 1.54) is 26.6 Å². The molecule has 1 aromatic heterocycles. The molecule has 29 heavy (non-hydrogen) atoms. The first-order valence-electron chi connectivity index (χ1n) is 9.75. The highest BCUT2D eigenvalue weighted by atomic mass is 32.2. The van der Waals surface area contributed by atoms with Crippen LogP contribution in [-0.2, 0) is 10.0 Å². The van der Waals surface area contributed by atoms with Gasteiger partial charge >= 0.3 is 0 Å². The number of hydrogen-bond acceptors (Lipinski definition) is 5. The summed E-state index contributed by atoms with van der Waals surface area (Å²) in [5, 5.41) is 10.1. The molecule has 0 radical (unpaired) electrons. The maximum Gasteiger partial charge on any atom is 0.269 e. The average Bonchev–Trinajstić information content (AvgIpc) is 3.21. The highest BCUT2D eigenvalue weighted by Gasteiger charge is 2.29. The lowest BCUT2D eigenvalue weighted by Gasteiger charge is -2.34. The van der Waals surface area contributed by atoms with E-state index in [1.54, 1.807) is 18.2 Å². The van der Waals surface area contributed by atoms with E-state index >= 15 is 0 Å². The standard InChI is InChI=1S/C20H28N4O4S/c1-12-6-5-7-15(13(12)2)22-20(25)17-11-16(23-24-17)14-8-9-18(28-4)19(10-14)29(26,27)21-3/h8-13,15,21H,5-7H2,1-4H3,(H,22,25)(H,23,24)/t12-,13-,15+/m0/s1. The zero-order valence-electron chi connectivity index (χ0n) is 17.2. The highest BCUT2D eigenvalue weighted by Crippen LogP contribution is 2.31. The Balaban J connectivity index is 1.83. The molecule has 8 nitrogen and oxygen atoms in total. The molecule has 3 atom stereocenters. The monoisotopic (exact) mass is 420 g/mol. The molecule has 1 fully saturated rings. The lowest BCUT2D eigenvalue weighted by Crippen LogP contribution is -2.43. The second kappa shape index (κ2) is 8.54. The minimum absolute atomic E-state index is 0.0130. The minimum Gasteiger partial charge on any atom is -0.495 e. The highest BCUT2D eigenvalue weighted by molar-refractivity contribution is 7.89. The maximum absolute atomic E-state index is 12.7. The van der Waals surface area contributed by atoms with Crippen LogP contribution >= 0.6 is 0 Å². The number of methoxy groups -OCH3 is 1. The van der Waals surface area contributed by atoms with E-state index in [9.17, 15) is 13.2 Å². The average molecular weight is 421 g/mol. The van der Waals surface area contributed by atoms with E-state index in [0.717, 1.165) is 12.8 Å². The quantitative estimate of drug-likeness (QED) is 0.665. The van der Waals surface area contributed by atoms with Crippen molar-refractivity contribution in [2.24, 2.45) is 11.8 Å². The van der Waals surface area contributed by atoms with Gasteiger partial charge in [0, 0.05) is 11.6 Å². The van der Waals surface area contributed by atoms with Crippen LogP contribution in [0.4, 0.5) is 0 Å². The van der Waals surface area contributed by atoms with Gasteiger partial charge in [0.25, 0.3) is 5.91 Å². The Labute approximate surface area is 171 Å². The first-order chi connectivity index (χ1) is 13.8. The lowest BCUT2D eigenvalue weighted by molar-refractivity contribution is 0.0886. The number of nitrogens with one attached hydrogen (secondary N) is 3. The molecular weight excluding hydrogens is 392 g/mol. The number of benzene rings is 1. The molecule has 0 spiro atoms. The number of nitrogens with zero attached hydrogens (tertiary/aromatic N) is 1. The number of carbonyl (C=O) groups excluding carboxylic acids is 1. The smallest absolute Gasteiger partial charge is 0.269 e. The van der Waals surface area contributed by atoms with E-state index in [4.69, 9.17) is 4.74 Å². The number of aromatic amines is 1. The SMILES string of the molecule is CNS(=O)(=O)c1cc(-c2cc(C(=O)N[C@@H]3CCC[C@H](C)[C@@H]3C)[nH]n2)ccc1OC. The molecule has 0 saturated heterocycles. The van der Waals surface area contributed by atoms with Gasteiger partial charge in [-0.2, -0.15) is 5.10 Å². The van der Waals surface area contributed by atoms with Gasteiger partial charge in [0.2, 0.25) is 10.0 Å². The molecule has 2 aromatic rings. The molecule has 0 aliphatic heterocycles. The van der Waals surface area contributed by atoms with E-state index in [0.29, 0.717) is 28.8 Å². The summed E-state index contributed by atoms with van der Waals surface area (Å²) < 4.78 is 32.0. The number of hydrogen-bond donors (Lipinski definition) is 3. The second-order valence-corrected chi connectivity index (χ2v) is 9.44. The topological polar surface area (TPSA) is 113 Å². The zero-order valence-corrected chi connectivity index (χ0v) is 18.0. The number of aromatic nitrogens is 2. The Morgan fingerprint density at radius 3 is 2.69 bits per heavy atom. The Bertz CT molecular complexity index is 986. The van der Waals surface area contributed by atoms with Crippen LogP contribution in [-0.4, -0.2) is 44.7 Å². The molecule has 3 rings (SSSR count). The minimum atomic E-state index is -3.70. The van der Waals surface area contributed by atoms with Crippen LogP contribution in [0.15, 0.2) is 29.2 Å². The fourth-order valence-electron chi connectivity index (χ4n) is 3.77. The van der Waals surface area contributed by atoms with E-state index < -0.39 is 10.0 Å². The third-order valence-corrected chi connectivity index (χ3v) is 7.30. The third-order valence-electron chi connectivity index (χ3n) is 5.86. The van der Waals surface area contributed by atoms with Crippen molar-refractivity contribution >= 4 is 15.9 Å². The van der Waals surface area contributed by atoms with Gasteiger partial charge < -0.3 is 10.1 Å². The molecule has 1 aliphatic rings. The second-order valence-electron chi connectivity index (χ2n) is 7.59. The number of sulfonamides is 1. The summed E-state index contributed by atoms with van der Waals surface area (Å²) in [7, 11) is -0.954. The van der Waals surface area contributed by atoms with Crippen LogP contribution < -0.4 is 14.8 Å². The van der Waals surface area contributed by atoms with Gasteiger partial charge in [-0.1, -0.05) is 26.7 Å². The van der Waals surface area contributed by atoms with Crippen molar-refractivity contribution in [2.75, 3.05) is 14.2 Å². The summed E-state index contributed by atoms with van der Waals surface area (Å²) in [5.74, 6) is 1.03. The lowest BCUT2D eigenvalue weighted by atomic mass is 9.78. The van der Waals surface area contributed by atoms with Crippen LogP contribution in [0.25, 0.3) is 11.3 Å². The van der Waals surface area contributed by atoms with E-state index in [2.05, 4.69) is 34.1 Å². The van der Waals surface area contributed by atoms with Crippen molar-refractivity contribution in [2.45, 2.75) is 44.0 Å². The fraction of sp³-hybridized carbons (Fsp3) is 0.500. The number of carbonyl (C=O) groups is 1. The Morgan fingerprint density at radius 2 is 2.00 bits per heavy atom. The Hall–Kier alpha value is -2.39. The van der Waals surface area contributed by atoms with E-state index in [1.807, 2.05) is 0 Å². The van der Waals surface area contributed by atoms with Crippen molar-refractivity contribution in [3.63, 3.8) is 0 Å². The van der Waals surface area contributed by atoms with Crippen molar-refractivity contribution < 1.29 is 17.9 Å². The van der Waals surface area contributed by atoms with Gasteiger partial charge in [-0.05, 0) is 49.6 Å². The van der Waals surface area contributed by atoms with Crippen LogP contribution in [0, 0.1) is 11.8 Å². The van der Waals surface area contributed by atoms with Crippen LogP contribution in [0.3, 0.4) is 0 Å². The number of rotatable bonds is 6. The van der Waals surface area contributed by atoms with Gasteiger partial charge in [-0.3, -0.25) is 9.89 Å². The normalized spacial score (nSPS) is 22.3. The van der Waals surface area contributed by atoms with E-state index in [-0.39, 0.29) is 22.6 Å². The first-order valence-corrected chi connectivity index (χ1v) is 11.2. The largest absolute Gasteiger partial charge is 0.495 e. The Morgan fingerprint density at radius 1 is 1.24 bits per heavy atom. The maximum atomic E-state index is 12.7.